The molecule has 2 heterocycles. The van der Waals surface area contributed by atoms with Crippen molar-refractivity contribution in [1.82, 2.24) is 5.32 Å². The summed E-state index contributed by atoms with van der Waals surface area (Å²) in [5, 5.41) is 4.11. The molecule has 0 unspecified atom stereocenters. The third kappa shape index (κ3) is 4.73. The van der Waals surface area contributed by atoms with Crippen molar-refractivity contribution in [3.63, 3.8) is 0 Å². The fourth-order valence-electron chi connectivity index (χ4n) is 3.37. The van der Waals surface area contributed by atoms with Crippen LogP contribution in [0.1, 0.15) is 31.9 Å². The minimum atomic E-state index is -0.0522. The monoisotopic (exact) mass is 416 g/mol. The summed E-state index contributed by atoms with van der Waals surface area (Å²) >= 11 is 1.53. The zero-order chi connectivity index (χ0) is 20.8. The van der Waals surface area contributed by atoms with E-state index in [2.05, 4.69) is 22.1 Å². The summed E-state index contributed by atoms with van der Waals surface area (Å²) in [6.07, 6.45) is 0. The molecule has 1 fully saturated rings. The molecule has 0 atom stereocenters. The SMILES string of the molecule is Cc1c(C(=O)NCc2ccccc2)sc(N2CCOCC2)c1C#Cc1ccccc1. The van der Waals surface area contributed by atoms with Crippen LogP contribution in [-0.2, 0) is 11.3 Å². The quantitative estimate of drug-likeness (QED) is 0.648. The second kappa shape index (κ2) is 9.62. The number of hydrogen-bond donors (Lipinski definition) is 1. The van der Waals surface area contributed by atoms with Gasteiger partial charge in [0.15, 0.2) is 0 Å². The zero-order valence-corrected chi connectivity index (χ0v) is 17.8. The molecule has 0 bridgehead atoms. The van der Waals surface area contributed by atoms with E-state index < -0.39 is 0 Å². The number of hydrogen-bond acceptors (Lipinski definition) is 4. The minimum Gasteiger partial charge on any atom is -0.378 e. The van der Waals surface area contributed by atoms with Gasteiger partial charge in [-0.25, -0.2) is 0 Å². The van der Waals surface area contributed by atoms with E-state index in [4.69, 9.17) is 4.74 Å². The summed E-state index contributed by atoms with van der Waals surface area (Å²) in [5.74, 6) is 6.55. The van der Waals surface area contributed by atoms with Crippen molar-refractivity contribution < 1.29 is 9.53 Å². The Hall–Kier alpha value is -3.07. The van der Waals surface area contributed by atoms with Gasteiger partial charge in [0.1, 0.15) is 5.00 Å². The number of ether oxygens (including phenoxy) is 1. The van der Waals surface area contributed by atoms with Gasteiger partial charge in [-0.05, 0) is 30.2 Å². The van der Waals surface area contributed by atoms with Crippen LogP contribution >= 0.6 is 11.3 Å². The van der Waals surface area contributed by atoms with Gasteiger partial charge in [0.25, 0.3) is 5.91 Å². The van der Waals surface area contributed by atoms with Crippen LogP contribution in [0.4, 0.5) is 5.00 Å². The number of anilines is 1. The molecule has 0 aliphatic carbocycles. The van der Waals surface area contributed by atoms with Gasteiger partial charge in [0.05, 0.1) is 23.7 Å². The first-order valence-electron chi connectivity index (χ1n) is 10.1. The molecule has 152 valence electrons. The normalized spacial score (nSPS) is 13.4. The number of amides is 1. The van der Waals surface area contributed by atoms with E-state index in [1.165, 1.54) is 11.3 Å². The number of morpholine rings is 1. The molecule has 0 radical (unpaired) electrons. The van der Waals surface area contributed by atoms with Crippen molar-refractivity contribution in [2.45, 2.75) is 13.5 Å². The fraction of sp³-hybridized carbons (Fsp3) is 0.240. The predicted octanol–water partition coefficient (Wildman–Crippen LogP) is 4.22. The van der Waals surface area contributed by atoms with E-state index >= 15 is 0 Å². The summed E-state index contributed by atoms with van der Waals surface area (Å²) in [7, 11) is 0. The van der Waals surface area contributed by atoms with E-state index in [0.717, 1.165) is 45.2 Å². The molecule has 1 aromatic heterocycles. The lowest BCUT2D eigenvalue weighted by molar-refractivity contribution is 0.0954. The van der Waals surface area contributed by atoms with Gasteiger partial charge in [0.2, 0.25) is 0 Å². The maximum atomic E-state index is 13.0. The molecule has 0 saturated carbocycles. The molecule has 1 saturated heterocycles. The zero-order valence-electron chi connectivity index (χ0n) is 17.0. The highest BCUT2D eigenvalue weighted by Gasteiger charge is 2.24. The third-order valence-electron chi connectivity index (χ3n) is 5.03. The minimum absolute atomic E-state index is 0.0522. The lowest BCUT2D eigenvalue weighted by atomic mass is 10.1. The van der Waals surface area contributed by atoms with Gasteiger partial charge >= 0.3 is 0 Å². The second-order valence-corrected chi connectivity index (χ2v) is 8.12. The Labute approximate surface area is 181 Å². The number of benzene rings is 2. The molecule has 0 spiro atoms. The lowest BCUT2D eigenvalue weighted by Gasteiger charge is -2.27. The molecule has 1 amide bonds. The first kappa shape index (κ1) is 20.2. The number of rotatable bonds is 4. The third-order valence-corrected chi connectivity index (χ3v) is 6.39. The second-order valence-electron chi connectivity index (χ2n) is 7.12. The Morgan fingerprint density at radius 2 is 1.70 bits per heavy atom. The van der Waals surface area contributed by atoms with Gasteiger partial charge in [-0.1, -0.05) is 60.4 Å². The van der Waals surface area contributed by atoms with Crippen molar-refractivity contribution in [2.75, 3.05) is 31.2 Å². The maximum Gasteiger partial charge on any atom is 0.262 e. The van der Waals surface area contributed by atoms with Crippen LogP contribution in [0.25, 0.3) is 0 Å². The number of nitrogens with zero attached hydrogens (tertiary/aromatic N) is 1. The fourth-order valence-corrected chi connectivity index (χ4v) is 4.60. The number of nitrogens with one attached hydrogen (secondary N) is 1. The molecule has 2 aromatic carbocycles. The lowest BCUT2D eigenvalue weighted by Crippen LogP contribution is -2.36. The number of carbonyl (C=O) groups excluding carboxylic acids is 1. The summed E-state index contributed by atoms with van der Waals surface area (Å²) in [6.45, 7) is 5.51. The summed E-state index contributed by atoms with van der Waals surface area (Å²) < 4.78 is 5.51. The number of carbonyl (C=O) groups is 1. The standard InChI is InChI=1S/C25H24N2O2S/c1-19-22(13-12-20-8-4-2-5-9-20)25(27-14-16-29-17-15-27)30-23(19)24(28)26-18-21-10-6-3-7-11-21/h2-11H,14-18H2,1H3,(H,26,28). The van der Waals surface area contributed by atoms with E-state index in [-0.39, 0.29) is 5.91 Å². The predicted molar refractivity (Wildman–Crippen MR) is 122 cm³/mol. The van der Waals surface area contributed by atoms with Crippen molar-refractivity contribution in [1.29, 1.82) is 0 Å². The van der Waals surface area contributed by atoms with Crippen LogP contribution in [0.15, 0.2) is 60.7 Å². The van der Waals surface area contributed by atoms with Crippen LogP contribution in [-0.4, -0.2) is 32.2 Å². The van der Waals surface area contributed by atoms with Gasteiger partial charge < -0.3 is 15.0 Å². The molecular formula is C25H24N2O2S. The van der Waals surface area contributed by atoms with Gasteiger partial charge in [0, 0.05) is 25.2 Å². The van der Waals surface area contributed by atoms with Gasteiger partial charge in [-0.2, -0.15) is 0 Å². The highest BCUT2D eigenvalue weighted by atomic mass is 32.1. The van der Waals surface area contributed by atoms with Gasteiger partial charge in [-0.3, -0.25) is 4.79 Å². The largest absolute Gasteiger partial charge is 0.378 e. The molecule has 4 rings (SSSR count). The topological polar surface area (TPSA) is 41.6 Å². The molecular weight excluding hydrogens is 392 g/mol. The Morgan fingerprint density at radius 1 is 1.03 bits per heavy atom. The van der Waals surface area contributed by atoms with Crippen LogP contribution < -0.4 is 10.2 Å². The molecule has 3 aromatic rings. The first-order chi connectivity index (χ1) is 14.7. The van der Waals surface area contributed by atoms with E-state index in [9.17, 15) is 4.79 Å². The Morgan fingerprint density at radius 3 is 2.40 bits per heavy atom. The molecule has 30 heavy (non-hydrogen) atoms. The average molecular weight is 417 g/mol. The number of thiophene rings is 1. The summed E-state index contributed by atoms with van der Waals surface area (Å²) in [4.78, 5) is 16.0. The first-order valence-corrected chi connectivity index (χ1v) is 10.9. The molecule has 5 heteroatoms. The maximum absolute atomic E-state index is 13.0. The van der Waals surface area contributed by atoms with Crippen LogP contribution in [0, 0.1) is 18.8 Å². The van der Waals surface area contributed by atoms with Crippen LogP contribution in [0.2, 0.25) is 0 Å². The van der Waals surface area contributed by atoms with Crippen molar-refractivity contribution >= 4 is 22.2 Å². The highest BCUT2D eigenvalue weighted by Crippen LogP contribution is 2.36. The summed E-state index contributed by atoms with van der Waals surface area (Å²) in [5.41, 5.74) is 3.93. The molecule has 1 aliphatic heterocycles. The highest BCUT2D eigenvalue weighted by molar-refractivity contribution is 7.18. The smallest absolute Gasteiger partial charge is 0.262 e. The molecule has 1 N–H and O–H groups in total. The Bertz CT molecular complexity index is 1060. The Kier molecular flexibility index (Phi) is 6.48. The Balaban J connectivity index is 1.63. The van der Waals surface area contributed by atoms with Crippen LogP contribution in [0.3, 0.4) is 0 Å². The van der Waals surface area contributed by atoms with E-state index in [1.54, 1.807) is 0 Å². The average Bonchev–Trinajstić information content (AvgIpc) is 3.14. The van der Waals surface area contributed by atoms with E-state index in [1.807, 2.05) is 67.6 Å². The molecule has 1 aliphatic rings. The van der Waals surface area contributed by atoms with Crippen molar-refractivity contribution in [2.24, 2.45) is 0 Å². The van der Waals surface area contributed by atoms with Crippen molar-refractivity contribution in [3.05, 3.63) is 87.8 Å². The summed E-state index contributed by atoms with van der Waals surface area (Å²) in [6, 6.07) is 19.9. The molecule has 4 nitrogen and oxygen atoms in total. The van der Waals surface area contributed by atoms with Crippen molar-refractivity contribution in [3.8, 4) is 11.8 Å². The van der Waals surface area contributed by atoms with E-state index in [0.29, 0.717) is 19.8 Å². The van der Waals surface area contributed by atoms with Gasteiger partial charge in [-0.15, -0.1) is 11.3 Å². The van der Waals surface area contributed by atoms with Crippen LogP contribution in [0.5, 0.6) is 0 Å².